The number of nitrogens with two attached hydrogens (primary N) is 1. The number of phenolic OH excluding ortho intramolecular Hbond substituents is 1. The average molecular weight is 527 g/mol. The zero-order chi connectivity index (χ0) is 27.7. The van der Waals surface area contributed by atoms with Crippen LogP contribution in [0, 0.1) is 11.8 Å². The lowest BCUT2D eigenvalue weighted by Crippen LogP contribution is -2.65. The summed E-state index contributed by atoms with van der Waals surface area (Å²) >= 11 is 0. The number of carbonyl (C=O) groups excluding carboxylic acids is 3. The number of likely N-dealkylation sites (N-methyl/N-ethyl adjacent to an activating group) is 1. The quantitative estimate of drug-likeness (QED) is 0.239. The van der Waals surface area contributed by atoms with E-state index >= 15 is 0 Å². The van der Waals surface area contributed by atoms with Crippen LogP contribution in [-0.4, -0.2) is 99.6 Å². The van der Waals surface area contributed by atoms with Crippen LogP contribution in [0.25, 0.3) is 5.76 Å². The third kappa shape index (κ3) is 3.71. The van der Waals surface area contributed by atoms with Gasteiger partial charge in [0.25, 0.3) is 5.91 Å². The number of aromatic hydroxyl groups is 1. The maximum Gasteiger partial charge on any atom is 0.255 e. The number of carbonyl (C=O) groups is 3. The zero-order valence-electron chi connectivity index (χ0n) is 21.7. The number of primary amides is 1. The second-order valence-corrected chi connectivity index (χ2v) is 11.2. The van der Waals surface area contributed by atoms with Crippen molar-refractivity contribution in [3.63, 3.8) is 0 Å². The molecule has 1 saturated carbocycles. The smallest absolute Gasteiger partial charge is 0.255 e. The normalized spacial score (nSPS) is 30.3. The summed E-state index contributed by atoms with van der Waals surface area (Å²) in [5.74, 6) is -6.51. The highest BCUT2D eigenvalue weighted by atomic mass is 16.3. The van der Waals surface area contributed by atoms with Crippen LogP contribution < -0.4 is 11.1 Å². The fourth-order valence-corrected chi connectivity index (χ4v) is 6.75. The minimum atomic E-state index is -2.63. The van der Waals surface area contributed by atoms with Crippen molar-refractivity contribution < 1.29 is 34.8 Å². The molecule has 0 bridgehead atoms. The van der Waals surface area contributed by atoms with Crippen molar-refractivity contribution in [3.05, 3.63) is 40.2 Å². The molecule has 11 heteroatoms. The molecule has 38 heavy (non-hydrogen) atoms. The van der Waals surface area contributed by atoms with Gasteiger partial charge in [-0.1, -0.05) is 0 Å². The zero-order valence-corrected chi connectivity index (χ0v) is 21.7. The first kappa shape index (κ1) is 26.2. The largest absolute Gasteiger partial charge is 0.508 e. The summed E-state index contributed by atoms with van der Waals surface area (Å²) in [5.41, 5.74) is 3.24. The first-order valence-corrected chi connectivity index (χ1v) is 12.8. The number of amides is 1. The molecule has 7 N–H and O–H groups in total. The number of piperidine rings is 1. The Morgan fingerprint density at radius 1 is 1.16 bits per heavy atom. The minimum Gasteiger partial charge on any atom is -0.508 e. The molecule has 11 nitrogen and oxygen atoms in total. The van der Waals surface area contributed by atoms with Gasteiger partial charge in [0.2, 0.25) is 5.78 Å². The Balaban J connectivity index is 1.62. The van der Waals surface area contributed by atoms with Crippen molar-refractivity contribution in [3.8, 4) is 5.75 Å². The van der Waals surface area contributed by atoms with Gasteiger partial charge in [0.1, 0.15) is 22.8 Å². The molecule has 4 aliphatic rings. The van der Waals surface area contributed by atoms with Gasteiger partial charge in [-0.3, -0.25) is 19.3 Å². The summed E-state index contributed by atoms with van der Waals surface area (Å²) < 4.78 is 0. The molecular formula is C27H34N4O7. The molecule has 1 aromatic rings. The maximum atomic E-state index is 13.9. The topological polar surface area (TPSA) is 177 Å². The average Bonchev–Trinajstić information content (AvgIpc) is 2.84. The number of fused-ring (bicyclic) bond motifs is 3. The summed E-state index contributed by atoms with van der Waals surface area (Å²) in [6.07, 6.45) is 2.18. The van der Waals surface area contributed by atoms with E-state index in [-0.39, 0.29) is 35.8 Å². The summed E-state index contributed by atoms with van der Waals surface area (Å²) in [6, 6.07) is 2.30. The Morgan fingerprint density at radius 2 is 1.82 bits per heavy atom. The molecule has 0 radical (unpaired) electrons. The van der Waals surface area contributed by atoms with Crippen LogP contribution in [0.3, 0.4) is 0 Å². The molecule has 1 heterocycles. The van der Waals surface area contributed by atoms with Crippen LogP contribution >= 0.6 is 0 Å². The number of likely N-dealkylation sites (tertiary alicyclic amines) is 1. The van der Waals surface area contributed by atoms with E-state index in [9.17, 15) is 34.8 Å². The molecule has 0 aromatic heterocycles. The molecule has 3 aliphatic carbocycles. The first-order valence-electron chi connectivity index (χ1n) is 12.8. The number of nitrogens with zero attached hydrogens (tertiary/aromatic N) is 2. The second kappa shape index (κ2) is 9.11. The van der Waals surface area contributed by atoms with E-state index in [0.717, 1.165) is 31.6 Å². The molecule has 4 atom stereocenters. The van der Waals surface area contributed by atoms with Gasteiger partial charge in [0.15, 0.2) is 11.4 Å². The molecule has 2 fully saturated rings. The number of ketones is 2. The van der Waals surface area contributed by atoms with Crippen LogP contribution in [0.15, 0.2) is 29.0 Å². The summed E-state index contributed by atoms with van der Waals surface area (Å²) in [7, 11) is 5.23. The number of aliphatic hydroxyl groups is 3. The SMILES string of the molecule is CN1CCC(Nc2ccc(O)c3c2C[C@H]2C[C@H]4[C@H](N(C)C)C(=O)C(C(N)=O)=C(O)[C@@]4(O)C(=O)C2=C3O)CC1. The van der Waals surface area contributed by atoms with E-state index in [4.69, 9.17) is 5.73 Å². The number of hydrogen-bond donors (Lipinski definition) is 6. The lowest BCUT2D eigenvalue weighted by atomic mass is 9.57. The van der Waals surface area contributed by atoms with Gasteiger partial charge in [0, 0.05) is 23.2 Å². The number of aliphatic hydroxyl groups excluding tert-OH is 2. The standard InChI is InChI=1S/C27H34N4O7/c1-30(2)21-15-11-12-10-14-16(29-13-6-8-31(3)9-7-13)4-5-17(32)19(14)22(33)18(12)24(35)27(15,38)25(36)20(23(21)34)26(28)37/h4-5,12-13,15,21,29,32-33,36,38H,6-11H2,1-3H3,(H2,28,37)/t12-,15-,21-,27-/m0/s1. The third-order valence-corrected chi connectivity index (χ3v) is 8.68. The fraction of sp³-hybridized carbons (Fsp3) is 0.519. The number of rotatable bonds is 4. The van der Waals surface area contributed by atoms with Crippen molar-refractivity contribution in [2.24, 2.45) is 17.6 Å². The van der Waals surface area contributed by atoms with Crippen molar-refractivity contribution in [2.45, 2.75) is 43.4 Å². The van der Waals surface area contributed by atoms with Crippen molar-refractivity contribution in [2.75, 3.05) is 39.5 Å². The van der Waals surface area contributed by atoms with Gasteiger partial charge >= 0.3 is 0 Å². The molecule has 1 aliphatic heterocycles. The van der Waals surface area contributed by atoms with Crippen LogP contribution in [0.1, 0.15) is 30.4 Å². The number of hydrogen-bond acceptors (Lipinski definition) is 10. The Hall–Kier alpha value is -3.41. The molecule has 5 rings (SSSR count). The molecule has 0 unspecified atom stereocenters. The predicted octanol–water partition coefficient (Wildman–Crippen LogP) is 0.470. The van der Waals surface area contributed by atoms with E-state index in [2.05, 4.69) is 17.3 Å². The van der Waals surface area contributed by atoms with Gasteiger partial charge in [-0.05, 0) is 83.5 Å². The van der Waals surface area contributed by atoms with Crippen LogP contribution in [-0.2, 0) is 20.8 Å². The number of anilines is 1. The van der Waals surface area contributed by atoms with Gasteiger partial charge in [-0.25, -0.2) is 0 Å². The molecule has 1 saturated heterocycles. The van der Waals surface area contributed by atoms with E-state index in [0.29, 0.717) is 5.56 Å². The first-order chi connectivity index (χ1) is 17.9. The summed E-state index contributed by atoms with van der Waals surface area (Å²) in [4.78, 5) is 42.9. The molecule has 1 aromatic carbocycles. The van der Waals surface area contributed by atoms with Crippen LogP contribution in [0.5, 0.6) is 5.75 Å². The Labute approximate surface area is 220 Å². The highest BCUT2D eigenvalue weighted by molar-refractivity contribution is 6.24. The fourth-order valence-electron chi connectivity index (χ4n) is 6.75. The Bertz CT molecular complexity index is 1290. The highest BCUT2D eigenvalue weighted by Crippen LogP contribution is 2.53. The molecule has 0 spiro atoms. The van der Waals surface area contributed by atoms with Gasteiger partial charge in [-0.2, -0.15) is 0 Å². The highest BCUT2D eigenvalue weighted by Gasteiger charge is 2.64. The summed E-state index contributed by atoms with van der Waals surface area (Å²) in [6.45, 7) is 1.88. The molecule has 1 amide bonds. The van der Waals surface area contributed by atoms with Crippen LogP contribution in [0.2, 0.25) is 0 Å². The lowest BCUT2D eigenvalue weighted by molar-refractivity contribution is -0.153. The summed E-state index contributed by atoms with van der Waals surface area (Å²) in [5, 5.41) is 48.2. The number of Topliss-reactive ketones (excluding diaryl/α,β-unsaturated/α-hetero) is 2. The predicted molar refractivity (Wildman–Crippen MR) is 138 cm³/mol. The van der Waals surface area contributed by atoms with Crippen molar-refractivity contribution in [1.82, 2.24) is 9.80 Å². The molecular weight excluding hydrogens is 492 g/mol. The number of phenols is 1. The van der Waals surface area contributed by atoms with Gasteiger partial charge < -0.3 is 36.4 Å². The second-order valence-electron chi connectivity index (χ2n) is 11.2. The van der Waals surface area contributed by atoms with E-state index < -0.39 is 58.0 Å². The van der Waals surface area contributed by atoms with E-state index in [1.165, 1.54) is 11.0 Å². The minimum absolute atomic E-state index is 0.0646. The number of benzene rings is 1. The Morgan fingerprint density at radius 3 is 2.42 bits per heavy atom. The number of nitrogens with one attached hydrogen (secondary N) is 1. The van der Waals surface area contributed by atoms with E-state index in [1.807, 2.05) is 0 Å². The lowest BCUT2D eigenvalue weighted by Gasteiger charge is -2.50. The maximum absolute atomic E-state index is 13.9. The van der Waals surface area contributed by atoms with Crippen LogP contribution in [0.4, 0.5) is 5.69 Å². The molecule has 204 valence electrons. The van der Waals surface area contributed by atoms with E-state index in [1.54, 1.807) is 20.2 Å². The van der Waals surface area contributed by atoms with Crippen molar-refractivity contribution in [1.29, 1.82) is 0 Å². The van der Waals surface area contributed by atoms with Gasteiger partial charge in [0.05, 0.1) is 11.6 Å². The van der Waals surface area contributed by atoms with Crippen molar-refractivity contribution >= 4 is 28.9 Å². The monoisotopic (exact) mass is 526 g/mol. The van der Waals surface area contributed by atoms with Gasteiger partial charge in [-0.15, -0.1) is 0 Å². The third-order valence-electron chi connectivity index (χ3n) is 8.68. The Kier molecular flexibility index (Phi) is 6.28.